The van der Waals surface area contributed by atoms with Crippen molar-refractivity contribution in [3.63, 3.8) is 0 Å². The lowest BCUT2D eigenvalue weighted by molar-refractivity contribution is 0.0600. The number of rotatable bonds is 2. The second-order valence-corrected chi connectivity index (χ2v) is 4.77. The first-order valence-corrected chi connectivity index (χ1v) is 6.48. The molecule has 1 heterocycles. The molecular weight excluding hydrogens is 240 g/mol. The molecule has 3 heteroatoms. The van der Waals surface area contributed by atoms with E-state index in [9.17, 15) is 4.79 Å². The highest BCUT2D eigenvalue weighted by atomic mass is 16.5. The van der Waals surface area contributed by atoms with Gasteiger partial charge in [-0.25, -0.2) is 4.79 Å². The van der Waals surface area contributed by atoms with Crippen molar-refractivity contribution >= 4 is 5.97 Å². The normalized spacial score (nSPS) is 16.5. The van der Waals surface area contributed by atoms with Gasteiger partial charge in [-0.3, -0.25) is 0 Å². The summed E-state index contributed by atoms with van der Waals surface area (Å²) < 4.78 is 10.2. The predicted molar refractivity (Wildman–Crippen MR) is 78.6 cm³/mol. The second-order valence-electron chi connectivity index (χ2n) is 4.77. The molecule has 1 aliphatic rings. The molecule has 1 aromatic heterocycles. The van der Waals surface area contributed by atoms with Crippen LogP contribution >= 0.6 is 0 Å². The zero-order valence-corrected chi connectivity index (χ0v) is 10.4. The number of hydrogen-bond donors (Lipinski definition) is 0. The molecule has 0 atom stereocenters. The standard InChI is InChI=1S/C14H20O3.2CH4/c1-16-14(15)12-9-13(17-10-12)11-7-5-3-2-4-6-8-11;;/h9-11H,2-8H2,1H3;2*1H4. The van der Waals surface area contributed by atoms with Crippen molar-refractivity contribution in [3.8, 4) is 0 Å². The minimum Gasteiger partial charge on any atom is -0.468 e. The SMILES string of the molecule is C.C.COC(=O)c1coc(C2CCCCCCC2)c1. The van der Waals surface area contributed by atoms with Crippen LogP contribution in [0.15, 0.2) is 16.7 Å². The topological polar surface area (TPSA) is 39.4 Å². The Balaban J connectivity index is 0.00000162. The molecule has 0 bridgehead atoms. The van der Waals surface area contributed by atoms with Crippen LogP contribution in [0.3, 0.4) is 0 Å². The Kier molecular flexibility index (Phi) is 8.21. The second kappa shape index (κ2) is 8.78. The first-order chi connectivity index (χ1) is 8.31. The van der Waals surface area contributed by atoms with E-state index in [-0.39, 0.29) is 20.8 Å². The van der Waals surface area contributed by atoms with E-state index in [1.165, 1.54) is 58.3 Å². The minimum absolute atomic E-state index is 0. The quantitative estimate of drug-likeness (QED) is 0.695. The fraction of sp³-hybridized carbons (Fsp3) is 0.688. The van der Waals surface area contributed by atoms with Crippen molar-refractivity contribution in [2.75, 3.05) is 7.11 Å². The highest BCUT2D eigenvalue weighted by Gasteiger charge is 2.19. The van der Waals surface area contributed by atoms with E-state index in [0.717, 1.165) is 5.76 Å². The molecule has 1 fully saturated rings. The summed E-state index contributed by atoms with van der Waals surface area (Å²) in [5.74, 6) is 1.12. The van der Waals surface area contributed by atoms with Crippen molar-refractivity contribution in [1.29, 1.82) is 0 Å². The smallest absolute Gasteiger partial charge is 0.341 e. The summed E-state index contributed by atoms with van der Waals surface area (Å²) in [6.45, 7) is 0. The number of methoxy groups -OCH3 is 1. The van der Waals surface area contributed by atoms with Crippen LogP contribution in [-0.2, 0) is 4.74 Å². The maximum atomic E-state index is 11.4. The fourth-order valence-electron chi connectivity index (χ4n) is 2.53. The van der Waals surface area contributed by atoms with Crippen molar-refractivity contribution in [3.05, 3.63) is 23.7 Å². The molecule has 0 N–H and O–H groups in total. The third-order valence-corrected chi connectivity index (χ3v) is 3.55. The first-order valence-electron chi connectivity index (χ1n) is 6.48. The van der Waals surface area contributed by atoms with Gasteiger partial charge in [0, 0.05) is 5.92 Å². The summed E-state index contributed by atoms with van der Waals surface area (Å²) in [5, 5.41) is 0. The zero-order chi connectivity index (χ0) is 12.1. The maximum absolute atomic E-state index is 11.4. The highest BCUT2D eigenvalue weighted by molar-refractivity contribution is 5.89. The molecule has 2 rings (SSSR count). The summed E-state index contributed by atoms with van der Waals surface area (Å²) in [5.41, 5.74) is 0.532. The monoisotopic (exact) mass is 268 g/mol. The molecule has 0 radical (unpaired) electrons. The molecule has 0 saturated heterocycles. The number of carbonyl (C=O) groups excluding carboxylic acids is 1. The van der Waals surface area contributed by atoms with Crippen LogP contribution in [0.2, 0.25) is 0 Å². The molecule has 110 valence electrons. The van der Waals surface area contributed by atoms with Gasteiger partial charge in [0.25, 0.3) is 0 Å². The van der Waals surface area contributed by atoms with Gasteiger partial charge in [0.15, 0.2) is 0 Å². The zero-order valence-electron chi connectivity index (χ0n) is 10.4. The van der Waals surface area contributed by atoms with E-state index in [1.54, 1.807) is 0 Å². The van der Waals surface area contributed by atoms with E-state index in [0.29, 0.717) is 11.5 Å². The van der Waals surface area contributed by atoms with Gasteiger partial charge in [-0.15, -0.1) is 0 Å². The van der Waals surface area contributed by atoms with Gasteiger partial charge in [-0.1, -0.05) is 47.0 Å². The molecular formula is C16H28O3. The number of ether oxygens (including phenoxy) is 1. The Hall–Kier alpha value is -1.25. The van der Waals surface area contributed by atoms with Crippen LogP contribution < -0.4 is 0 Å². The average molecular weight is 268 g/mol. The largest absolute Gasteiger partial charge is 0.468 e. The molecule has 3 nitrogen and oxygen atoms in total. The van der Waals surface area contributed by atoms with Crippen molar-refractivity contribution in [2.45, 2.75) is 65.7 Å². The van der Waals surface area contributed by atoms with Gasteiger partial charge in [0.1, 0.15) is 12.0 Å². The lowest BCUT2D eigenvalue weighted by Gasteiger charge is -2.17. The van der Waals surface area contributed by atoms with Gasteiger partial charge in [-0.2, -0.15) is 0 Å². The molecule has 1 aliphatic carbocycles. The molecule has 0 aliphatic heterocycles. The fourth-order valence-corrected chi connectivity index (χ4v) is 2.53. The highest BCUT2D eigenvalue weighted by Crippen LogP contribution is 2.31. The van der Waals surface area contributed by atoms with Crippen molar-refractivity contribution < 1.29 is 13.9 Å². The summed E-state index contributed by atoms with van der Waals surface area (Å²) in [6, 6.07) is 1.85. The van der Waals surface area contributed by atoms with Crippen LogP contribution in [0.1, 0.15) is 81.8 Å². The Labute approximate surface area is 117 Å². The minimum atomic E-state index is -0.314. The Morgan fingerprint density at radius 3 is 2.32 bits per heavy atom. The third-order valence-electron chi connectivity index (χ3n) is 3.55. The molecule has 0 unspecified atom stereocenters. The maximum Gasteiger partial charge on any atom is 0.341 e. The number of esters is 1. The van der Waals surface area contributed by atoms with Crippen LogP contribution in [-0.4, -0.2) is 13.1 Å². The van der Waals surface area contributed by atoms with E-state index >= 15 is 0 Å². The molecule has 0 spiro atoms. The lowest BCUT2D eigenvalue weighted by Crippen LogP contribution is -2.02. The van der Waals surface area contributed by atoms with Crippen molar-refractivity contribution in [1.82, 2.24) is 0 Å². The molecule has 1 saturated carbocycles. The Morgan fingerprint density at radius 2 is 1.74 bits per heavy atom. The van der Waals surface area contributed by atoms with E-state index < -0.39 is 0 Å². The summed E-state index contributed by atoms with van der Waals surface area (Å²) in [7, 11) is 1.39. The molecule has 1 aromatic rings. The van der Waals surface area contributed by atoms with E-state index in [1.807, 2.05) is 6.07 Å². The van der Waals surface area contributed by atoms with E-state index in [4.69, 9.17) is 4.42 Å². The lowest BCUT2D eigenvalue weighted by atomic mass is 9.89. The number of furan rings is 1. The van der Waals surface area contributed by atoms with Crippen LogP contribution in [0, 0.1) is 0 Å². The Bertz CT molecular complexity index is 360. The van der Waals surface area contributed by atoms with Gasteiger partial charge in [-0.05, 0) is 18.9 Å². The molecule has 0 aromatic carbocycles. The van der Waals surface area contributed by atoms with Crippen LogP contribution in [0.4, 0.5) is 0 Å². The number of carbonyl (C=O) groups is 1. The average Bonchev–Trinajstić information content (AvgIpc) is 2.77. The van der Waals surface area contributed by atoms with Gasteiger partial charge in [0.2, 0.25) is 0 Å². The first kappa shape index (κ1) is 17.8. The predicted octanol–water partition coefficient (Wildman–Crippen LogP) is 5.17. The summed E-state index contributed by atoms with van der Waals surface area (Å²) in [4.78, 5) is 11.4. The van der Waals surface area contributed by atoms with Gasteiger partial charge in [0.05, 0.1) is 12.7 Å². The van der Waals surface area contributed by atoms with Crippen LogP contribution in [0.25, 0.3) is 0 Å². The van der Waals surface area contributed by atoms with Gasteiger partial charge >= 0.3 is 5.97 Å². The van der Waals surface area contributed by atoms with Crippen LogP contribution in [0.5, 0.6) is 0 Å². The van der Waals surface area contributed by atoms with Crippen molar-refractivity contribution in [2.24, 2.45) is 0 Å². The molecule has 0 amide bonds. The number of hydrogen-bond acceptors (Lipinski definition) is 3. The summed E-state index contributed by atoms with van der Waals surface area (Å²) in [6.07, 6.45) is 10.4. The third kappa shape index (κ3) is 4.73. The Morgan fingerprint density at radius 1 is 1.16 bits per heavy atom. The van der Waals surface area contributed by atoms with E-state index in [2.05, 4.69) is 4.74 Å². The van der Waals surface area contributed by atoms with Gasteiger partial charge < -0.3 is 9.15 Å². The molecule has 19 heavy (non-hydrogen) atoms. The summed E-state index contributed by atoms with van der Waals surface area (Å²) >= 11 is 0.